The minimum absolute atomic E-state index is 0.142. The summed E-state index contributed by atoms with van der Waals surface area (Å²) in [6, 6.07) is 6.08. The van der Waals surface area contributed by atoms with Gasteiger partial charge in [0.25, 0.3) is 11.8 Å². The highest BCUT2D eigenvalue weighted by atomic mass is 16.5. The number of imide groups is 1. The molecular formula is C28H36N4O3. The molecule has 0 radical (unpaired) electrons. The van der Waals surface area contributed by atoms with Crippen molar-refractivity contribution in [2.75, 3.05) is 40.0 Å². The van der Waals surface area contributed by atoms with E-state index in [0.29, 0.717) is 17.8 Å². The maximum atomic E-state index is 14.0. The molecule has 0 saturated carbocycles. The number of carbonyl (C=O) groups is 2. The number of methoxy groups -OCH3 is 1. The van der Waals surface area contributed by atoms with E-state index in [-0.39, 0.29) is 11.8 Å². The van der Waals surface area contributed by atoms with Gasteiger partial charge < -0.3 is 9.30 Å². The van der Waals surface area contributed by atoms with Gasteiger partial charge in [-0.2, -0.15) is 0 Å². The van der Waals surface area contributed by atoms with E-state index in [2.05, 4.69) is 48.1 Å². The molecular weight excluding hydrogens is 440 g/mol. The van der Waals surface area contributed by atoms with Gasteiger partial charge in [0.2, 0.25) is 0 Å². The molecule has 1 aromatic heterocycles. The average molecular weight is 477 g/mol. The molecule has 0 bridgehead atoms. The standard InChI is InChI=1S/C28H36N4O3/c1-6-29(7-2)16-31-20-14-11-15-21(35-5)23(20)24-25-22(18-12-10-13-19(18)26(24)31)27(33)32(28(25)34)17-30(8-3)9-4/h11,14-15H,6-10,12-13,16-17H2,1-5H3. The van der Waals surface area contributed by atoms with Gasteiger partial charge in [0, 0.05) is 5.39 Å². The SMILES string of the molecule is CCN(CC)CN1C(=O)c2c3c(c4c(c2C1=O)c1c(OC)cccc1n4CN(CC)CC)CCC3. The van der Waals surface area contributed by atoms with Crippen LogP contribution in [0.25, 0.3) is 21.8 Å². The van der Waals surface area contributed by atoms with Gasteiger partial charge >= 0.3 is 0 Å². The topological polar surface area (TPSA) is 58.0 Å². The van der Waals surface area contributed by atoms with Crippen LogP contribution in [0.1, 0.15) is 66.0 Å². The predicted octanol–water partition coefficient (Wildman–Crippen LogP) is 4.49. The van der Waals surface area contributed by atoms with Gasteiger partial charge in [-0.3, -0.25) is 24.3 Å². The van der Waals surface area contributed by atoms with Crippen molar-refractivity contribution in [1.29, 1.82) is 0 Å². The Balaban J connectivity index is 1.86. The van der Waals surface area contributed by atoms with E-state index in [4.69, 9.17) is 4.74 Å². The quantitative estimate of drug-likeness (QED) is 0.426. The van der Waals surface area contributed by atoms with Crippen molar-refractivity contribution < 1.29 is 14.3 Å². The second-order valence-corrected chi connectivity index (χ2v) is 9.49. The molecule has 3 aromatic rings. The number of hydrogen-bond donors (Lipinski definition) is 0. The summed E-state index contributed by atoms with van der Waals surface area (Å²) in [5.74, 6) is 0.425. The Labute approximate surface area is 207 Å². The van der Waals surface area contributed by atoms with Gasteiger partial charge in [-0.1, -0.05) is 33.8 Å². The molecule has 2 aliphatic rings. The van der Waals surface area contributed by atoms with Crippen LogP contribution < -0.4 is 4.74 Å². The van der Waals surface area contributed by atoms with E-state index in [1.165, 1.54) is 10.5 Å². The van der Waals surface area contributed by atoms with Gasteiger partial charge in [0.05, 0.1) is 48.0 Å². The van der Waals surface area contributed by atoms with Gasteiger partial charge in [-0.25, -0.2) is 0 Å². The van der Waals surface area contributed by atoms with Crippen LogP contribution in [-0.4, -0.2) is 71.0 Å². The fourth-order valence-corrected chi connectivity index (χ4v) is 5.99. The summed E-state index contributed by atoms with van der Waals surface area (Å²) in [6.07, 6.45) is 2.77. The highest BCUT2D eigenvalue weighted by molar-refractivity contribution is 6.32. The lowest BCUT2D eigenvalue weighted by atomic mass is 9.93. The first-order chi connectivity index (χ1) is 17.0. The Kier molecular flexibility index (Phi) is 6.32. The smallest absolute Gasteiger partial charge is 0.263 e. The Morgan fingerprint density at radius 1 is 0.829 bits per heavy atom. The van der Waals surface area contributed by atoms with Gasteiger partial charge in [-0.05, 0) is 68.7 Å². The minimum atomic E-state index is -0.176. The molecule has 0 atom stereocenters. The molecule has 2 amide bonds. The van der Waals surface area contributed by atoms with Gasteiger partial charge in [0.15, 0.2) is 0 Å². The predicted molar refractivity (Wildman–Crippen MR) is 139 cm³/mol. The highest BCUT2D eigenvalue weighted by Gasteiger charge is 2.43. The molecule has 0 N–H and O–H groups in total. The molecule has 1 aliphatic carbocycles. The lowest BCUT2D eigenvalue weighted by Crippen LogP contribution is -2.41. The van der Waals surface area contributed by atoms with E-state index >= 15 is 0 Å². The van der Waals surface area contributed by atoms with Crippen molar-refractivity contribution in [3.8, 4) is 5.75 Å². The van der Waals surface area contributed by atoms with Crippen molar-refractivity contribution in [2.24, 2.45) is 0 Å². The lowest BCUT2D eigenvalue weighted by molar-refractivity contribution is 0.0552. The first-order valence-electron chi connectivity index (χ1n) is 13.0. The maximum Gasteiger partial charge on any atom is 0.263 e. The van der Waals surface area contributed by atoms with E-state index < -0.39 is 0 Å². The van der Waals surface area contributed by atoms with Crippen molar-refractivity contribution in [2.45, 2.75) is 53.6 Å². The summed E-state index contributed by atoms with van der Waals surface area (Å²) in [5.41, 5.74) is 5.68. The number of amides is 2. The first-order valence-corrected chi connectivity index (χ1v) is 13.0. The van der Waals surface area contributed by atoms with E-state index in [1.807, 2.05) is 12.1 Å². The third-order valence-corrected chi connectivity index (χ3v) is 7.97. The molecule has 1 aliphatic heterocycles. The van der Waals surface area contributed by atoms with Crippen LogP contribution in [-0.2, 0) is 19.5 Å². The third-order valence-electron chi connectivity index (χ3n) is 7.97. The molecule has 7 nitrogen and oxygen atoms in total. The summed E-state index contributed by atoms with van der Waals surface area (Å²) in [5, 5.41) is 1.83. The highest BCUT2D eigenvalue weighted by Crippen LogP contribution is 2.46. The van der Waals surface area contributed by atoms with Crippen molar-refractivity contribution >= 4 is 33.6 Å². The van der Waals surface area contributed by atoms with E-state index in [0.717, 1.165) is 85.2 Å². The molecule has 35 heavy (non-hydrogen) atoms. The number of carbonyl (C=O) groups excluding carboxylic acids is 2. The summed E-state index contributed by atoms with van der Waals surface area (Å²) in [6.45, 7) is 13.0. The zero-order valence-corrected chi connectivity index (χ0v) is 21.6. The molecule has 0 unspecified atom stereocenters. The number of rotatable bonds is 9. The third kappa shape index (κ3) is 3.47. The average Bonchev–Trinajstić information content (AvgIpc) is 3.55. The Bertz CT molecular complexity index is 1320. The molecule has 2 aromatic carbocycles. The van der Waals surface area contributed by atoms with Crippen molar-refractivity contribution in [1.82, 2.24) is 19.3 Å². The number of aryl methyl sites for hydroxylation is 1. The van der Waals surface area contributed by atoms with Crippen LogP contribution in [0.4, 0.5) is 0 Å². The molecule has 2 heterocycles. The van der Waals surface area contributed by atoms with Gasteiger partial charge in [0.1, 0.15) is 5.75 Å². The largest absolute Gasteiger partial charge is 0.496 e. The molecule has 186 valence electrons. The Hall–Kier alpha value is -2.90. The molecule has 0 saturated heterocycles. The van der Waals surface area contributed by atoms with Crippen LogP contribution in [0.15, 0.2) is 18.2 Å². The van der Waals surface area contributed by atoms with Crippen LogP contribution in [0, 0.1) is 0 Å². The van der Waals surface area contributed by atoms with Crippen LogP contribution in [0.3, 0.4) is 0 Å². The number of hydrogen-bond acceptors (Lipinski definition) is 5. The van der Waals surface area contributed by atoms with Crippen LogP contribution in [0.5, 0.6) is 5.75 Å². The fourth-order valence-electron chi connectivity index (χ4n) is 5.99. The fraction of sp³-hybridized carbons (Fsp3) is 0.500. The molecule has 7 heteroatoms. The Morgan fingerprint density at radius 3 is 2.11 bits per heavy atom. The second kappa shape index (κ2) is 9.28. The zero-order chi connectivity index (χ0) is 24.9. The van der Waals surface area contributed by atoms with E-state index in [1.54, 1.807) is 7.11 Å². The van der Waals surface area contributed by atoms with Crippen molar-refractivity contribution in [3.05, 3.63) is 40.5 Å². The Morgan fingerprint density at radius 2 is 1.46 bits per heavy atom. The summed E-state index contributed by atoms with van der Waals surface area (Å²) >= 11 is 0. The number of fused-ring (bicyclic) bond motifs is 8. The monoisotopic (exact) mass is 476 g/mol. The second-order valence-electron chi connectivity index (χ2n) is 9.49. The van der Waals surface area contributed by atoms with Crippen molar-refractivity contribution in [3.63, 3.8) is 0 Å². The summed E-state index contributed by atoms with van der Waals surface area (Å²) in [4.78, 5) is 33.7. The minimum Gasteiger partial charge on any atom is -0.496 e. The number of ether oxygens (including phenoxy) is 1. The number of nitrogens with zero attached hydrogens (tertiary/aromatic N) is 4. The molecule has 5 rings (SSSR count). The summed E-state index contributed by atoms with van der Waals surface area (Å²) < 4.78 is 8.19. The van der Waals surface area contributed by atoms with E-state index in [9.17, 15) is 9.59 Å². The lowest BCUT2D eigenvalue weighted by Gasteiger charge is -2.24. The molecule has 0 fully saturated rings. The summed E-state index contributed by atoms with van der Waals surface area (Å²) in [7, 11) is 1.68. The molecule has 0 spiro atoms. The number of aromatic nitrogens is 1. The van der Waals surface area contributed by atoms with Crippen LogP contribution >= 0.6 is 0 Å². The zero-order valence-electron chi connectivity index (χ0n) is 21.6. The maximum absolute atomic E-state index is 14.0. The number of benzene rings is 2. The normalized spacial score (nSPS) is 15.3. The van der Waals surface area contributed by atoms with Gasteiger partial charge in [-0.15, -0.1) is 0 Å². The first kappa shape index (κ1) is 23.8. The van der Waals surface area contributed by atoms with Crippen LogP contribution in [0.2, 0.25) is 0 Å².